The lowest BCUT2D eigenvalue weighted by Gasteiger charge is -2.05. The first kappa shape index (κ1) is 17.1. The molecule has 106 valence electrons. The maximum absolute atomic E-state index is 11.4. The molecule has 0 aliphatic rings. The molecule has 0 saturated heterocycles. The molecule has 0 aliphatic carbocycles. The molecule has 3 nitrogen and oxygen atoms in total. The number of carboxylic acids is 1. The van der Waals surface area contributed by atoms with E-state index in [9.17, 15) is 9.59 Å². The van der Waals surface area contributed by atoms with E-state index in [4.69, 9.17) is 5.11 Å². The van der Waals surface area contributed by atoms with E-state index in [-0.39, 0.29) is 5.78 Å². The summed E-state index contributed by atoms with van der Waals surface area (Å²) in [5.41, 5.74) is 0. The van der Waals surface area contributed by atoms with Gasteiger partial charge in [-0.1, -0.05) is 58.3 Å². The molecule has 1 unspecified atom stereocenters. The van der Waals surface area contributed by atoms with Gasteiger partial charge in [0.1, 0.15) is 11.7 Å². The summed E-state index contributed by atoms with van der Waals surface area (Å²) in [6, 6.07) is 0. The second-order valence-corrected chi connectivity index (χ2v) is 5.10. The lowest BCUT2D eigenvalue weighted by Crippen LogP contribution is -2.20. The van der Waals surface area contributed by atoms with Crippen molar-refractivity contribution in [2.45, 2.75) is 78.1 Å². The van der Waals surface area contributed by atoms with Gasteiger partial charge < -0.3 is 5.11 Å². The molecule has 0 radical (unpaired) electrons. The van der Waals surface area contributed by atoms with E-state index in [2.05, 4.69) is 6.92 Å². The van der Waals surface area contributed by atoms with Gasteiger partial charge in [-0.25, -0.2) is 0 Å². The molecule has 1 atom stereocenters. The first-order chi connectivity index (χ1) is 8.59. The summed E-state index contributed by atoms with van der Waals surface area (Å²) in [7, 11) is 0. The smallest absolute Gasteiger partial charge is 0.313 e. The van der Waals surface area contributed by atoms with E-state index >= 15 is 0 Å². The third-order valence-corrected chi connectivity index (χ3v) is 3.38. The zero-order chi connectivity index (χ0) is 13.8. The highest BCUT2D eigenvalue weighted by molar-refractivity contribution is 5.97. The standard InChI is InChI=1S/C15H28O3/c1-3-4-5-6-7-8-9-10-11-12-14(16)13(2)15(17)18/h13H,3-12H2,1-2H3,(H,17,18). The van der Waals surface area contributed by atoms with Crippen molar-refractivity contribution in [1.82, 2.24) is 0 Å². The predicted molar refractivity (Wildman–Crippen MR) is 73.7 cm³/mol. The highest BCUT2D eigenvalue weighted by Gasteiger charge is 2.19. The van der Waals surface area contributed by atoms with Crippen molar-refractivity contribution in [2.24, 2.45) is 5.92 Å². The Hall–Kier alpha value is -0.860. The van der Waals surface area contributed by atoms with Crippen LogP contribution in [0.4, 0.5) is 0 Å². The van der Waals surface area contributed by atoms with Crippen molar-refractivity contribution in [3.8, 4) is 0 Å². The average molecular weight is 256 g/mol. The van der Waals surface area contributed by atoms with Crippen molar-refractivity contribution < 1.29 is 14.7 Å². The Balaban J connectivity index is 3.30. The van der Waals surface area contributed by atoms with Crippen LogP contribution in [-0.4, -0.2) is 16.9 Å². The van der Waals surface area contributed by atoms with Crippen LogP contribution in [0.3, 0.4) is 0 Å². The Kier molecular flexibility index (Phi) is 10.7. The molecule has 0 heterocycles. The van der Waals surface area contributed by atoms with Crippen molar-refractivity contribution >= 4 is 11.8 Å². The fourth-order valence-electron chi connectivity index (χ4n) is 1.96. The van der Waals surface area contributed by atoms with E-state index in [0.717, 1.165) is 12.8 Å². The third kappa shape index (κ3) is 9.20. The first-order valence-electron chi connectivity index (χ1n) is 7.35. The number of ketones is 1. The van der Waals surface area contributed by atoms with E-state index in [1.165, 1.54) is 51.9 Å². The molecule has 0 aliphatic heterocycles. The molecule has 0 saturated carbocycles. The molecule has 0 fully saturated rings. The Morgan fingerprint density at radius 1 is 0.889 bits per heavy atom. The van der Waals surface area contributed by atoms with Crippen LogP contribution in [0, 0.1) is 5.92 Å². The Bertz CT molecular complexity index is 236. The molecule has 0 bridgehead atoms. The predicted octanol–water partition coefficient (Wildman–Crippen LogP) is 4.20. The van der Waals surface area contributed by atoms with E-state index in [1.54, 1.807) is 0 Å². The summed E-state index contributed by atoms with van der Waals surface area (Å²) in [4.78, 5) is 22.0. The number of carbonyl (C=O) groups excluding carboxylic acids is 1. The van der Waals surface area contributed by atoms with Gasteiger partial charge in [0, 0.05) is 6.42 Å². The SMILES string of the molecule is CCCCCCCCCCCC(=O)C(C)C(=O)O. The van der Waals surface area contributed by atoms with Crippen LogP contribution in [-0.2, 0) is 9.59 Å². The minimum atomic E-state index is -1.00. The number of carbonyl (C=O) groups is 2. The van der Waals surface area contributed by atoms with Gasteiger partial charge in [0.05, 0.1) is 0 Å². The highest BCUT2D eigenvalue weighted by atomic mass is 16.4. The number of aliphatic carboxylic acids is 1. The summed E-state index contributed by atoms with van der Waals surface area (Å²) in [6.45, 7) is 3.69. The van der Waals surface area contributed by atoms with Gasteiger partial charge in [0.15, 0.2) is 0 Å². The van der Waals surface area contributed by atoms with E-state index < -0.39 is 11.9 Å². The van der Waals surface area contributed by atoms with Crippen LogP contribution in [0.25, 0.3) is 0 Å². The van der Waals surface area contributed by atoms with Gasteiger partial charge in [-0.15, -0.1) is 0 Å². The topological polar surface area (TPSA) is 54.4 Å². The van der Waals surface area contributed by atoms with Crippen molar-refractivity contribution in [3.05, 3.63) is 0 Å². The monoisotopic (exact) mass is 256 g/mol. The van der Waals surface area contributed by atoms with Crippen LogP contribution in [0.5, 0.6) is 0 Å². The maximum Gasteiger partial charge on any atom is 0.313 e. The van der Waals surface area contributed by atoms with Crippen LogP contribution < -0.4 is 0 Å². The summed E-state index contributed by atoms with van der Waals surface area (Å²) < 4.78 is 0. The zero-order valence-electron chi connectivity index (χ0n) is 11.9. The van der Waals surface area contributed by atoms with E-state index in [1.807, 2.05) is 0 Å². The van der Waals surface area contributed by atoms with Crippen molar-refractivity contribution in [2.75, 3.05) is 0 Å². The number of Topliss-reactive ketones (excluding diaryl/α,β-unsaturated/α-hetero) is 1. The van der Waals surface area contributed by atoms with E-state index in [0.29, 0.717) is 6.42 Å². The zero-order valence-corrected chi connectivity index (χ0v) is 11.9. The molecular weight excluding hydrogens is 228 g/mol. The number of hydrogen-bond donors (Lipinski definition) is 1. The molecule has 18 heavy (non-hydrogen) atoms. The first-order valence-corrected chi connectivity index (χ1v) is 7.35. The molecule has 0 rings (SSSR count). The van der Waals surface area contributed by atoms with Gasteiger partial charge in [0.2, 0.25) is 0 Å². The maximum atomic E-state index is 11.4. The van der Waals surface area contributed by atoms with Gasteiger partial charge >= 0.3 is 5.97 Å². The molecule has 0 aromatic rings. The number of carboxylic acid groups (broad SMARTS) is 1. The molecule has 0 spiro atoms. The number of unbranched alkanes of at least 4 members (excludes halogenated alkanes) is 8. The molecule has 3 heteroatoms. The summed E-state index contributed by atoms with van der Waals surface area (Å²) in [5, 5.41) is 8.68. The summed E-state index contributed by atoms with van der Waals surface area (Å²) in [5.74, 6) is -1.97. The highest BCUT2D eigenvalue weighted by Crippen LogP contribution is 2.12. The molecule has 0 aromatic heterocycles. The fourth-order valence-corrected chi connectivity index (χ4v) is 1.96. The third-order valence-electron chi connectivity index (χ3n) is 3.38. The van der Waals surface area contributed by atoms with Crippen LogP contribution >= 0.6 is 0 Å². The van der Waals surface area contributed by atoms with Crippen LogP contribution in [0.1, 0.15) is 78.1 Å². The Morgan fingerprint density at radius 2 is 1.33 bits per heavy atom. The second kappa shape index (κ2) is 11.2. The summed E-state index contributed by atoms with van der Waals surface area (Å²) in [6.07, 6.45) is 11.3. The van der Waals surface area contributed by atoms with Crippen LogP contribution in [0.2, 0.25) is 0 Å². The Labute approximate surface area is 111 Å². The minimum Gasteiger partial charge on any atom is -0.481 e. The van der Waals surface area contributed by atoms with Crippen molar-refractivity contribution in [3.63, 3.8) is 0 Å². The number of hydrogen-bond acceptors (Lipinski definition) is 2. The molecule has 0 aromatic carbocycles. The van der Waals surface area contributed by atoms with Crippen molar-refractivity contribution in [1.29, 1.82) is 0 Å². The molecular formula is C15H28O3. The van der Waals surface area contributed by atoms with Gasteiger partial charge in [-0.2, -0.15) is 0 Å². The molecule has 1 N–H and O–H groups in total. The Morgan fingerprint density at radius 3 is 1.78 bits per heavy atom. The average Bonchev–Trinajstić information content (AvgIpc) is 2.35. The lowest BCUT2D eigenvalue weighted by atomic mass is 10.00. The normalized spacial score (nSPS) is 12.3. The lowest BCUT2D eigenvalue weighted by molar-refractivity contribution is -0.145. The molecule has 0 amide bonds. The minimum absolute atomic E-state index is 0.134. The van der Waals surface area contributed by atoms with Gasteiger partial charge in [-0.3, -0.25) is 9.59 Å². The van der Waals surface area contributed by atoms with Gasteiger partial charge in [-0.05, 0) is 13.3 Å². The van der Waals surface area contributed by atoms with Crippen LogP contribution in [0.15, 0.2) is 0 Å². The second-order valence-electron chi connectivity index (χ2n) is 5.10. The fraction of sp³-hybridized carbons (Fsp3) is 0.867. The number of rotatable bonds is 12. The van der Waals surface area contributed by atoms with Gasteiger partial charge in [0.25, 0.3) is 0 Å². The quantitative estimate of drug-likeness (QED) is 0.420. The summed E-state index contributed by atoms with van der Waals surface area (Å²) >= 11 is 0. The largest absolute Gasteiger partial charge is 0.481 e.